The third kappa shape index (κ3) is 4.64. The van der Waals surface area contributed by atoms with E-state index < -0.39 is 0 Å². The Morgan fingerprint density at radius 3 is 1.57 bits per heavy atom. The van der Waals surface area contributed by atoms with E-state index in [1.165, 1.54) is 5.56 Å². The molecule has 0 radical (unpaired) electrons. The summed E-state index contributed by atoms with van der Waals surface area (Å²) in [6.45, 7) is 0. The standard InChI is InChI=1S/C40H24N4OS/c1-4-10-25(11-5-1)26-16-18-29(19-17-26)40-41-32-22-23-33-35(36(32)45-40)31-21-20-30(24-34(31)46-33)39-43-37(27-12-6-2-7-13-27)42-38(44-39)28-14-8-3-9-15-28/h1-24H. The maximum atomic E-state index is 6.49. The van der Waals surface area contributed by atoms with Crippen molar-refractivity contribution in [2.75, 3.05) is 0 Å². The summed E-state index contributed by atoms with van der Waals surface area (Å²) in [6.07, 6.45) is 0. The number of hydrogen-bond acceptors (Lipinski definition) is 6. The largest absolute Gasteiger partial charge is 0.435 e. The van der Waals surface area contributed by atoms with Crippen molar-refractivity contribution in [3.63, 3.8) is 0 Å². The Morgan fingerprint density at radius 2 is 0.935 bits per heavy atom. The summed E-state index contributed by atoms with van der Waals surface area (Å²) >= 11 is 1.73. The van der Waals surface area contributed by atoms with Crippen molar-refractivity contribution < 1.29 is 4.42 Å². The van der Waals surface area contributed by atoms with Gasteiger partial charge in [0.15, 0.2) is 23.1 Å². The van der Waals surface area contributed by atoms with E-state index in [9.17, 15) is 0 Å². The average Bonchev–Trinajstić information content (AvgIpc) is 3.74. The molecule has 0 saturated carbocycles. The lowest BCUT2D eigenvalue weighted by Crippen LogP contribution is -1.99. The molecular formula is C40H24N4OS. The Morgan fingerprint density at radius 1 is 0.413 bits per heavy atom. The second-order valence-electron chi connectivity index (χ2n) is 11.1. The van der Waals surface area contributed by atoms with Gasteiger partial charge < -0.3 is 4.42 Å². The molecule has 0 amide bonds. The van der Waals surface area contributed by atoms with Gasteiger partial charge in [-0.1, -0.05) is 115 Å². The minimum atomic E-state index is 0.616. The summed E-state index contributed by atoms with van der Waals surface area (Å²) in [5.41, 5.74) is 7.77. The lowest BCUT2D eigenvalue weighted by atomic mass is 10.0. The first-order valence-electron chi connectivity index (χ1n) is 15.1. The van der Waals surface area contributed by atoms with E-state index in [0.717, 1.165) is 59.1 Å². The van der Waals surface area contributed by atoms with Crippen molar-refractivity contribution in [1.29, 1.82) is 0 Å². The highest BCUT2D eigenvalue weighted by Gasteiger charge is 2.18. The fraction of sp³-hybridized carbons (Fsp3) is 0. The highest BCUT2D eigenvalue weighted by atomic mass is 32.1. The van der Waals surface area contributed by atoms with Crippen molar-refractivity contribution in [3.05, 3.63) is 146 Å². The number of aromatic nitrogens is 4. The molecule has 6 aromatic carbocycles. The van der Waals surface area contributed by atoms with Crippen LogP contribution in [-0.4, -0.2) is 19.9 Å². The van der Waals surface area contributed by atoms with E-state index in [1.807, 2.05) is 72.8 Å². The van der Waals surface area contributed by atoms with E-state index in [-0.39, 0.29) is 0 Å². The van der Waals surface area contributed by atoms with Gasteiger partial charge in [-0.25, -0.2) is 19.9 Å². The fourth-order valence-corrected chi connectivity index (χ4v) is 7.03. The Kier molecular flexibility index (Phi) is 6.25. The van der Waals surface area contributed by atoms with Crippen LogP contribution < -0.4 is 0 Å². The molecule has 0 saturated heterocycles. The number of hydrogen-bond donors (Lipinski definition) is 0. The maximum Gasteiger partial charge on any atom is 0.227 e. The predicted molar refractivity (Wildman–Crippen MR) is 187 cm³/mol. The molecule has 0 spiro atoms. The minimum Gasteiger partial charge on any atom is -0.435 e. The summed E-state index contributed by atoms with van der Waals surface area (Å²) in [5, 5.41) is 2.20. The van der Waals surface area contributed by atoms with Gasteiger partial charge in [0.1, 0.15) is 5.52 Å². The molecule has 0 unspecified atom stereocenters. The van der Waals surface area contributed by atoms with E-state index >= 15 is 0 Å². The Balaban J connectivity index is 1.14. The van der Waals surface area contributed by atoms with Gasteiger partial charge in [-0.3, -0.25) is 0 Å². The van der Waals surface area contributed by atoms with Gasteiger partial charge in [-0.2, -0.15) is 0 Å². The summed E-state index contributed by atoms with van der Waals surface area (Å²) in [5.74, 6) is 2.55. The monoisotopic (exact) mass is 608 g/mol. The van der Waals surface area contributed by atoms with E-state index in [2.05, 4.69) is 72.8 Å². The van der Waals surface area contributed by atoms with E-state index in [4.69, 9.17) is 24.4 Å². The Hall–Kier alpha value is -5.98. The average molecular weight is 609 g/mol. The molecule has 9 rings (SSSR count). The molecule has 0 aliphatic carbocycles. The van der Waals surface area contributed by atoms with Gasteiger partial charge in [0.25, 0.3) is 0 Å². The van der Waals surface area contributed by atoms with Gasteiger partial charge in [-0.05, 0) is 41.5 Å². The zero-order chi connectivity index (χ0) is 30.5. The molecule has 46 heavy (non-hydrogen) atoms. The van der Waals surface area contributed by atoms with Crippen LogP contribution in [0, 0.1) is 0 Å². The van der Waals surface area contributed by atoms with Gasteiger partial charge >= 0.3 is 0 Å². The van der Waals surface area contributed by atoms with Crippen LogP contribution in [0.15, 0.2) is 150 Å². The molecule has 0 aliphatic heterocycles. The van der Waals surface area contributed by atoms with Crippen molar-refractivity contribution in [3.8, 4) is 56.7 Å². The van der Waals surface area contributed by atoms with Crippen LogP contribution in [0.1, 0.15) is 0 Å². The van der Waals surface area contributed by atoms with Crippen molar-refractivity contribution in [1.82, 2.24) is 19.9 Å². The Bertz CT molecular complexity index is 2450. The zero-order valence-electron chi connectivity index (χ0n) is 24.5. The molecule has 0 N–H and O–H groups in total. The summed E-state index contributed by atoms with van der Waals surface area (Å²) < 4.78 is 8.76. The smallest absolute Gasteiger partial charge is 0.227 e. The summed E-state index contributed by atoms with van der Waals surface area (Å²) in [4.78, 5) is 19.6. The van der Waals surface area contributed by atoms with Gasteiger partial charge in [0, 0.05) is 42.4 Å². The number of oxazole rings is 1. The van der Waals surface area contributed by atoms with Crippen molar-refractivity contribution in [2.24, 2.45) is 0 Å². The molecular weight excluding hydrogens is 585 g/mol. The van der Waals surface area contributed by atoms with Crippen LogP contribution in [0.25, 0.3) is 88.0 Å². The van der Waals surface area contributed by atoms with Crippen LogP contribution in [0.3, 0.4) is 0 Å². The lowest BCUT2D eigenvalue weighted by molar-refractivity contribution is 0.623. The van der Waals surface area contributed by atoms with E-state index in [0.29, 0.717) is 23.4 Å². The SMILES string of the molecule is c1ccc(-c2ccc(-c3nc4ccc5sc6cc(-c7nc(-c8ccccc8)nc(-c8ccccc8)n7)ccc6c5c4o3)cc2)cc1. The zero-order valence-corrected chi connectivity index (χ0v) is 25.3. The second-order valence-corrected chi connectivity index (χ2v) is 12.2. The molecule has 0 fully saturated rings. The lowest BCUT2D eigenvalue weighted by Gasteiger charge is -2.08. The van der Waals surface area contributed by atoms with Crippen LogP contribution in [0.2, 0.25) is 0 Å². The first-order chi connectivity index (χ1) is 22.8. The first kappa shape index (κ1) is 26.4. The normalized spacial score (nSPS) is 11.5. The molecule has 3 aromatic heterocycles. The molecule has 0 atom stereocenters. The molecule has 9 aromatic rings. The third-order valence-electron chi connectivity index (χ3n) is 8.19. The predicted octanol–water partition coefficient (Wildman–Crippen LogP) is 10.7. The molecule has 5 nitrogen and oxygen atoms in total. The van der Waals surface area contributed by atoms with E-state index in [1.54, 1.807) is 11.3 Å². The number of nitrogens with zero attached hydrogens (tertiary/aromatic N) is 4. The Labute approximate surface area is 268 Å². The molecule has 0 bridgehead atoms. The number of fused-ring (bicyclic) bond motifs is 5. The second kappa shape index (κ2) is 10.9. The maximum absolute atomic E-state index is 6.49. The van der Waals surface area contributed by atoms with Crippen LogP contribution >= 0.6 is 11.3 Å². The molecule has 0 aliphatic rings. The minimum absolute atomic E-state index is 0.616. The number of rotatable bonds is 5. The fourth-order valence-electron chi connectivity index (χ4n) is 5.88. The van der Waals surface area contributed by atoms with Crippen LogP contribution in [0.5, 0.6) is 0 Å². The molecule has 3 heterocycles. The summed E-state index contributed by atoms with van der Waals surface area (Å²) in [7, 11) is 0. The molecule has 6 heteroatoms. The van der Waals surface area contributed by atoms with Gasteiger partial charge in [0.2, 0.25) is 5.89 Å². The van der Waals surface area contributed by atoms with Crippen LogP contribution in [0.4, 0.5) is 0 Å². The highest BCUT2D eigenvalue weighted by molar-refractivity contribution is 7.26. The van der Waals surface area contributed by atoms with Gasteiger partial charge in [-0.15, -0.1) is 11.3 Å². The quantitative estimate of drug-likeness (QED) is 0.194. The topological polar surface area (TPSA) is 64.7 Å². The highest BCUT2D eigenvalue weighted by Crippen LogP contribution is 2.41. The van der Waals surface area contributed by atoms with Gasteiger partial charge in [0.05, 0.1) is 0 Å². The third-order valence-corrected chi connectivity index (χ3v) is 9.30. The van der Waals surface area contributed by atoms with Crippen molar-refractivity contribution >= 4 is 42.6 Å². The first-order valence-corrected chi connectivity index (χ1v) is 15.9. The summed E-state index contributed by atoms with van der Waals surface area (Å²) in [6, 6.07) is 49.4. The van der Waals surface area contributed by atoms with Crippen LogP contribution in [-0.2, 0) is 0 Å². The number of thiophene rings is 1. The number of benzene rings is 6. The molecule has 216 valence electrons. The van der Waals surface area contributed by atoms with Crippen molar-refractivity contribution in [2.45, 2.75) is 0 Å².